The standard InChI is InChI=1S/C80H156O17P2/c1-8-11-12-13-14-30-40-47-54-61-77(82)90-67-75(97-80(85)64-57-50-43-36-29-28-33-39-46-53-60-73(7)10-3)69-94-98(86,87)92-65-74(81)66-93-99(88,89)95-70-76(96-79(84)63-56-49-42-35-27-23-17-15-16-20-24-31-37-44-51-58-71(4)5)68-91-78(83)62-55-48-41-34-26-22-19-18-21-25-32-38-45-52-59-72(6)9-2/h71-76,81H,8-70H2,1-7H3,(H,86,87)(H,88,89)/t72?,73?,74-,75+,76+/m0/s1. The summed E-state index contributed by atoms with van der Waals surface area (Å²) in [6, 6.07) is 0. The number of ether oxygens (including phenoxy) is 4. The predicted octanol–water partition coefficient (Wildman–Crippen LogP) is 23.7. The van der Waals surface area contributed by atoms with Gasteiger partial charge in [0.25, 0.3) is 0 Å². The minimum Gasteiger partial charge on any atom is -0.462 e. The minimum atomic E-state index is -4.96. The molecular formula is C80H156O17P2. The second-order valence-electron chi connectivity index (χ2n) is 29.8. The molecule has 0 aliphatic rings. The maximum atomic E-state index is 13.1. The van der Waals surface area contributed by atoms with Gasteiger partial charge in [0.05, 0.1) is 26.4 Å². The van der Waals surface area contributed by atoms with E-state index >= 15 is 0 Å². The fourth-order valence-electron chi connectivity index (χ4n) is 12.2. The zero-order valence-electron chi connectivity index (χ0n) is 65.0. The highest BCUT2D eigenvalue weighted by Crippen LogP contribution is 2.45. The molecule has 0 aliphatic heterocycles. The van der Waals surface area contributed by atoms with Gasteiger partial charge in [-0.1, -0.05) is 363 Å². The van der Waals surface area contributed by atoms with Crippen molar-refractivity contribution < 1.29 is 80.2 Å². The third-order valence-electron chi connectivity index (χ3n) is 19.4. The Morgan fingerprint density at radius 3 is 0.768 bits per heavy atom. The van der Waals surface area contributed by atoms with E-state index in [1.807, 2.05) is 0 Å². The molecule has 3 N–H and O–H groups in total. The van der Waals surface area contributed by atoms with Crippen LogP contribution in [0.1, 0.15) is 414 Å². The molecule has 99 heavy (non-hydrogen) atoms. The number of hydrogen-bond donors (Lipinski definition) is 3. The molecule has 0 aliphatic carbocycles. The third kappa shape index (κ3) is 71.5. The van der Waals surface area contributed by atoms with Gasteiger partial charge >= 0.3 is 39.5 Å². The molecule has 0 amide bonds. The van der Waals surface area contributed by atoms with Gasteiger partial charge in [0.15, 0.2) is 12.2 Å². The van der Waals surface area contributed by atoms with Gasteiger partial charge < -0.3 is 33.8 Å². The molecule has 0 radical (unpaired) electrons. The van der Waals surface area contributed by atoms with E-state index in [0.29, 0.717) is 25.7 Å². The first-order valence-corrected chi connectivity index (χ1v) is 44.4. The lowest BCUT2D eigenvalue weighted by Gasteiger charge is -2.21. The van der Waals surface area contributed by atoms with Crippen LogP contribution in [0.25, 0.3) is 0 Å². The third-order valence-corrected chi connectivity index (χ3v) is 21.3. The van der Waals surface area contributed by atoms with E-state index in [4.69, 9.17) is 37.0 Å². The van der Waals surface area contributed by atoms with Crippen LogP contribution >= 0.6 is 15.6 Å². The summed E-state index contributed by atoms with van der Waals surface area (Å²) in [5, 5.41) is 10.6. The van der Waals surface area contributed by atoms with Crippen molar-refractivity contribution in [3.8, 4) is 0 Å². The number of aliphatic hydroxyl groups is 1. The van der Waals surface area contributed by atoms with Crippen molar-refractivity contribution in [3.05, 3.63) is 0 Å². The van der Waals surface area contributed by atoms with Crippen LogP contribution in [-0.2, 0) is 65.4 Å². The number of hydrogen-bond acceptors (Lipinski definition) is 15. The van der Waals surface area contributed by atoms with E-state index in [1.54, 1.807) is 0 Å². The second-order valence-corrected chi connectivity index (χ2v) is 32.7. The number of aliphatic hydroxyl groups excluding tert-OH is 1. The zero-order valence-corrected chi connectivity index (χ0v) is 66.8. The van der Waals surface area contributed by atoms with E-state index in [1.165, 1.54) is 225 Å². The van der Waals surface area contributed by atoms with Gasteiger partial charge in [-0.2, -0.15) is 0 Å². The molecule has 19 heteroatoms. The largest absolute Gasteiger partial charge is 0.472 e. The molecule has 0 heterocycles. The van der Waals surface area contributed by atoms with Gasteiger partial charge in [0.1, 0.15) is 19.3 Å². The summed E-state index contributed by atoms with van der Waals surface area (Å²) in [7, 11) is -9.92. The van der Waals surface area contributed by atoms with Gasteiger partial charge in [0, 0.05) is 25.7 Å². The van der Waals surface area contributed by atoms with E-state index in [2.05, 4.69) is 48.5 Å². The van der Waals surface area contributed by atoms with Crippen LogP contribution in [0.5, 0.6) is 0 Å². The van der Waals surface area contributed by atoms with Gasteiger partial charge in [0.2, 0.25) is 0 Å². The van der Waals surface area contributed by atoms with Crippen molar-refractivity contribution in [3.63, 3.8) is 0 Å². The van der Waals surface area contributed by atoms with E-state index in [9.17, 15) is 43.2 Å². The minimum absolute atomic E-state index is 0.106. The number of rotatable bonds is 78. The predicted molar refractivity (Wildman–Crippen MR) is 405 cm³/mol. The summed E-state index contributed by atoms with van der Waals surface area (Å²) in [4.78, 5) is 72.9. The molecule has 0 bridgehead atoms. The molecule has 0 aromatic carbocycles. The highest BCUT2D eigenvalue weighted by Gasteiger charge is 2.30. The lowest BCUT2D eigenvalue weighted by molar-refractivity contribution is -0.161. The first-order valence-electron chi connectivity index (χ1n) is 41.4. The van der Waals surface area contributed by atoms with Crippen molar-refractivity contribution in [2.75, 3.05) is 39.6 Å². The molecule has 0 spiro atoms. The molecule has 588 valence electrons. The SMILES string of the molecule is CCCCCCCCCCCC(=O)OC[C@H](COP(=O)(O)OC[C@H](O)COP(=O)(O)OC[C@@H](COC(=O)CCCCCCCCCCCCCCCCC(C)CC)OC(=O)CCCCCCCCCCCCCCCCCC(C)C)OC(=O)CCCCCCCCCCCCC(C)CC. The van der Waals surface area contributed by atoms with E-state index < -0.39 is 97.5 Å². The summed E-state index contributed by atoms with van der Waals surface area (Å²) in [5.41, 5.74) is 0. The topological polar surface area (TPSA) is 237 Å². The molecule has 0 rings (SSSR count). The number of unbranched alkanes of at least 4 members (excludes halogenated alkanes) is 44. The number of esters is 4. The molecule has 0 aromatic rings. The first-order chi connectivity index (χ1) is 47.8. The molecule has 7 atom stereocenters. The Bertz CT molecular complexity index is 1930. The van der Waals surface area contributed by atoms with Crippen LogP contribution in [0.4, 0.5) is 0 Å². The average Bonchev–Trinajstić information content (AvgIpc) is 3.78. The maximum Gasteiger partial charge on any atom is 0.472 e. The molecular weight excluding hydrogens is 1290 g/mol. The molecule has 0 saturated carbocycles. The Labute approximate surface area is 607 Å². The van der Waals surface area contributed by atoms with Crippen LogP contribution in [0.2, 0.25) is 0 Å². The van der Waals surface area contributed by atoms with Crippen molar-refractivity contribution >= 4 is 39.5 Å². The summed E-state index contributed by atoms with van der Waals surface area (Å²) < 4.78 is 68.7. The van der Waals surface area contributed by atoms with Gasteiger partial charge in [-0.25, -0.2) is 9.13 Å². The summed E-state index contributed by atoms with van der Waals surface area (Å²) in [6.07, 6.45) is 58.1. The van der Waals surface area contributed by atoms with Crippen LogP contribution in [0, 0.1) is 17.8 Å². The summed E-state index contributed by atoms with van der Waals surface area (Å²) >= 11 is 0. The fraction of sp³-hybridized carbons (Fsp3) is 0.950. The van der Waals surface area contributed by atoms with Crippen molar-refractivity contribution in [2.24, 2.45) is 17.8 Å². The number of phosphoric ester groups is 2. The monoisotopic (exact) mass is 1450 g/mol. The highest BCUT2D eigenvalue weighted by molar-refractivity contribution is 7.47. The van der Waals surface area contributed by atoms with Gasteiger partial charge in [-0.05, 0) is 43.4 Å². The molecule has 0 aromatic heterocycles. The normalized spacial score (nSPS) is 14.5. The fourth-order valence-corrected chi connectivity index (χ4v) is 13.8. The Kier molecular flexibility index (Phi) is 69.0. The van der Waals surface area contributed by atoms with E-state index in [0.717, 1.165) is 108 Å². The Balaban J connectivity index is 5.23. The number of carbonyl (C=O) groups excluding carboxylic acids is 4. The number of phosphoric acid groups is 2. The smallest absolute Gasteiger partial charge is 0.462 e. The quantitative estimate of drug-likeness (QED) is 0.0222. The highest BCUT2D eigenvalue weighted by atomic mass is 31.2. The maximum absolute atomic E-state index is 13.1. The van der Waals surface area contributed by atoms with Crippen LogP contribution in [0.3, 0.4) is 0 Å². The van der Waals surface area contributed by atoms with Crippen molar-refractivity contribution in [2.45, 2.75) is 433 Å². The van der Waals surface area contributed by atoms with Gasteiger partial charge in [-0.15, -0.1) is 0 Å². The second kappa shape index (κ2) is 70.4. The summed E-state index contributed by atoms with van der Waals surface area (Å²) in [5.74, 6) is 0.343. The lowest BCUT2D eigenvalue weighted by Crippen LogP contribution is -2.30. The lowest BCUT2D eigenvalue weighted by atomic mass is 9.99. The Morgan fingerprint density at radius 2 is 0.515 bits per heavy atom. The molecule has 17 nitrogen and oxygen atoms in total. The first kappa shape index (κ1) is 97.1. The Hall–Kier alpha value is -1.94. The van der Waals surface area contributed by atoms with E-state index in [-0.39, 0.29) is 25.7 Å². The van der Waals surface area contributed by atoms with Crippen LogP contribution in [0.15, 0.2) is 0 Å². The van der Waals surface area contributed by atoms with Gasteiger partial charge in [-0.3, -0.25) is 37.3 Å². The molecule has 0 saturated heterocycles. The zero-order chi connectivity index (χ0) is 73.0. The average molecular weight is 1450 g/mol. The van der Waals surface area contributed by atoms with Crippen molar-refractivity contribution in [1.29, 1.82) is 0 Å². The van der Waals surface area contributed by atoms with Crippen LogP contribution < -0.4 is 0 Å². The van der Waals surface area contributed by atoms with Crippen molar-refractivity contribution in [1.82, 2.24) is 0 Å². The Morgan fingerprint density at radius 1 is 0.293 bits per heavy atom. The van der Waals surface area contributed by atoms with Crippen LogP contribution in [-0.4, -0.2) is 96.7 Å². The number of carbonyl (C=O) groups is 4. The molecule has 4 unspecified atom stereocenters. The summed E-state index contributed by atoms with van der Waals surface area (Å²) in [6.45, 7) is 12.0. The molecule has 0 fully saturated rings.